The molecule has 1 atom stereocenters. The average molecular weight is 491 g/mol. The first-order valence-electron chi connectivity index (χ1n) is 11.4. The number of rotatable bonds is 10. The minimum Gasteiger partial charge on any atom is -0.497 e. The molecule has 0 aliphatic rings. The third-order valence-corrected chi connectivity index (χ3v) is 6.89. The van der Waals surface area contributed by atoms with Crippen LogP contribution in [-0.2, 0) is 4.74 Å². The number of nitrogens with zero attached hydrogens (tertiary/aromatic N) is 4. The Morgan fingerprint density at radius 3 is 2.40 bits per heavy atom. The highest BCUT2D eigenvalue weighted by molar-refractivity contribution is 7.99. The second-order valence-corrected chi connectivity index (χ2v) is 9.32. The van der Waals surface area contributed by atoms with Crippen molar-refractivity contribution in [2.24, 2.45) is 0 Å². The number of ether oxygens (including phenoxy) is 2. The summed E-state index contributed by atoms with van der Waals surface area (Å²) in [6.07, 6.45) is 0. The molecule has 0 saturated heterocycles. The van der Waals surface area contributed by atoms with Crippen LogP contribution in [0.15, 0.2) is 65.8 Å². The predicted octanol–water partition coefficient (Wildman–Crippen LogP) is 5.54. The highest BCUT2D eigenvalue weighted by Crippen LogP contribution is 2.30. The topological polar surface area (TPSA) is 71.2 Å². The maximum Gasteiger partial charge on any atom is 0.196 e. The maximum atomic E-state index is 13.3. The molecule has 0 bridgehead atoms. The van der Waals surface area contributed by atoms with Gasteiger partial charge in [-0.05, 0) is 51.1 Å². The Labute approximate surface area is 210 Å². The summed E-state index contributed by atoms with van der Waals surface area (Å²) in [5.41, 5.74) is 4.59. The minimum absolute atomic E-state index is 0.0597. The number of aromatic nitrogens is 4. The standard InChI is InChI=1S/C27H30N4O3S/c1-18-15-24(20(3)30(18)19(2)16-33-4)25(32)17-35-27-29-28-26(21-9-7-6-8-10-21)31(27)22-11-13-23(34-5)14-12-22/h6-15,19H,16-17H2,1-5H3/t19-/m1/s1. The number of ketones is 1. The molecular formula is C27H30N4O3S. The van der Waals surface area contributed by atoms with E-state index < -0.39 is 0 Å². The lowest BCUT2D eigenvalue weighted by atomic mass is 10.2. The first-order chi connectivity index (χ1) is 16.9. The van der Waals surface area contributed by atoms with Crippen molar-refractivity contribution in [3.63, 3.8) is 0 Å². The second kappa shape index (κ2) is 10.9. The number of benzene rings is 2. The van der Waals surface area contributed by atoms with E-state index in [4.69, 9.17) is 9.47 Å². The van der Waals surface area contributed by atoms with Gasteiger partial charge in [-0.1, -0.05) is 42.1 Å². The molecule has 0 amide bonds. The molecule has 0 aliphatic carbocycles. The summed E-state index contributed by atoms with van der Waals surface area (Å²) in [7, 11) is 3.33. The normalized spacial score (nSPS) is 12.0. The Bertz CT molecular complexity index is 1300. The zero-order valence-electron chi connectivity index (χ0n) is 20.7. The molecule has 0 spiro atoms. The molecule has 2 heterocycles. The van der Waals surface area contributed by atoms with Crippen LogP contribution in [0, 0.1) is 13.8 Å². The third kappa shape index (κ3) is 5.18. The van der Waals surface area contributed by atoms with Gasteiger partial charge in [-0.25, -0.2) is 0 Å². The van der Waals surface area contributed by atoms with Crippen LogP contribution in [-0.4, -0.2) is 51.7 Å². The summed E-state index contributed by atoms with van der Waals surface area (Å²) in [6, 6.07) is 19.8. The number of carbonyl (C=O) groups excluding carboxylic acids is 1. The van der Waals surface area contributed by atoms with E-state index in [1.165, 1.54) is 11.8 Å². The molecule has 4 rings (SSSR count). The van der Waals surface area contributed by atoms with Crippen LogP contribution in [0.2, 0.25) is 0 Å². The minimum atomic E-state index is 0.0597. The molecule has 0 saturated carbocycles. The zero-order valence-corrected chi connectivity index (χ0v) is 21.5. The Morgan fingerprint density at radius 1 is 1.03 bits per heavy atom. The van der Waals surface area contributed by atoms with Crippen molar-refractivity contribution in [3.05, 3.63) is 77.6 Å². The predicted molar refractivity (Wildman–Crippen MR) is 139 cm³/mol. The fourth-order valence-corrected chi connectivity index (χ4v) is 5.20. The first kappa shape index (κ1) is 24.8. The number of carbonyl (C=O) groups is 1. The van der Waals surface area contributed by atoms with Crippen LogP contribution in [0.3, 0.4) is 0 Å². The average Bonchev–Trinajstić information content (AvgIpc) is 3.43. The van der Waals surface area contributed by atoms with Gasteiger partial charge in [0.2, 0.25) is 0 Å². The summed E-state index contributed by atoms with van der Waals surface area (Å²) in [5, 5.41) is 9.57. The molecule has 4 aromatic rings. The number of aryl methyl sites for hydroxylation is 1. The third-order valence-electron chi connectivity index (χ3n) is 5.96. The van der Waals surface area contributed by atoms with Crippen molar-refractivity contribution in [1.82, 2.24) is 19.3 Å². The summed E-state index contributed by atoms with van der Waals surface area (Å²) >= 11 is 1.39. The molecule has 182 valence electrons. The van der Waals surface area contributed by atoms with Crippen molar-refractivity contribution >= 4 is 17.5 Å². The molecular weight excluding hydrogens is 460 g/mol. The fourth-order valence-electron chi connectivity index (χ4n) is 4.36. The summed E-state index contributed by atoms with van der Waals surface area (Å²) in [5.74, 6) is 1.80. The molecule has 8 heteroatoms. The molecule has 35 heavy (non-hydrogen) atoms. The number of hydrogen-bond donors (Lipinski definition) is 0. The maximum absolute atomic E-state index is 13.3. The van der Waals surface area contributed by atoms with Gasteiger partial charge in [0.1, 0.15) is 5.75 Å². The van der Waals surface area contributed by atoms with Crippen LogP contribution < -0.4 is 4.74 Å². The monoisotopic (exact) mass is 490 g/mol. The number of thioether (sulfide) groups is 1. The lowest BCUT2D eigenvalue weighted by Crippen LogP contribution is -2.14. The Hall–Kier alpha value is -3.36. The molecule has 7 nitrogen and oxygen atoms in total. The van der Waals surface area contributed by atoms with Crippen LogP contribution in [0.4, 0.5) is 0 Å². The summed E-state index contributed by atoms with van der Waals surface area (Å²) in [6.45, 7) is 6.70. The Kier molecular flexibility index (Phi) is 7.73. The van der Waals surface area contributed by atoms with E-state index in [0.29, 0.717) is 11.8 Å². The van der Waals surface area contributed by atoms with E-state index in [1.807, 2.05) is 79.1 Å². The van der Waals surface area contributed by atoms with Crippen LogP contribution in [0.25, 0.3) is 17.1 Å². The second-order valence-electron chi connectivity index (χ2n) is 8.38. The summed E-state index contributed by atoms with van der Waals surface area (Å²) < 4.78 is 14.8. The molecule has 2 aromatic carbocycles. The zero-order chi connectivity index (χ0) is 24.9. The molecule has 0 aliphatic heterocycles. The number of Topliss-reactive ketones (excluding diaryl/α,β-unsaturated/α-hetero) is 1. The van der Waals surface area contributed by atoms with E-state index >= 15 is 0 Å². The Morgan fingerprint density at radius 2 is 1.74 bits per heavy atom. The van der Waals surface area contributed by atoms with Crippen molar-refractivity contribution in [2.75, 3.05) is 26.6 Å². The van der Waals surface area contributed by atoms with Crippen LogP contribution in [0.1, 0.15) is 34.7 Å². The van der Waals surface area contributed by atoms with Gasteiger partial charge in [0.05, 0.1) is 25.5 Å². The van der Waals surface area contributed by atoms with Crippen molar-refractivity contribution in [3.8, 4) is 22.8 Å². The number of hydrogen-bond acceptors (Lipinski definition) is 6. The van der Waals surface area contributed by atoms with Gasteiger partial charge in [0, 0.05) is 35.3 Å². The molecule has 0 unspecified atom stereocenters. The quantitative estimate of drug-likeness (QED) is 0.215. The van der Waals surface area contributed by atoms with Crippen molar-refractivity contribution in [2.45, 2.75) is 32.0 Å². The smallest absolute Gasteiger partial charge is 0.196 e. The molecule has 0 radical (unpaired) electrons. The van der Waals surface area contributed by atoms with Gasteiger partial charge in [-0.3, -0.25) is 9.36 Å². The van der Waals surface area contributed by atoms with Crippen LogP contribution in [0.5, 0.6) is 5.75 Å². The fraction of sp³-hybridized carbons (Fsp3) is 0.296. The first-order valence-corrected chi connectivity index (χ1v) is 12.4. The Balaban J connectivity index is 1.63. The van der Waals surface area contributed by atoms with E-state index in [0.717, 1.165) is 39.8 Å². The van der Waals surface area contributed by atoms with Crippen molar-refractivity contribution in [1.29, 1.82) is 0 Å². The van der Waals surface area contributed by atoms with Gasteiger partial charge < -0.3 is 14.0 Å². The number of methoxy groups -OCH3 is 2. The summed E-state index contributed by atoms with van der Waals surface area (Å²) in [4.78, 5) is 13.3. The van der Waals surface area contributed by atoms with E-state index in [-0.39, 0.29) is 17.6 Å². The largest absolute Gasteiger partial charge is 0.497 e. The van der Waals surface area contributed by atoms with Crippen LogP contribution >= 0.6 is 11.8 Å². The lowest BCUT2D eigenvalue weighted by Gasteiger charge is -2.17. The molecule has 2 aromatic heterocycles. The van der Waals surface area contributed by atoms with E-state index in [1.54, 1.807) is 14.2 Å². The van der Waals surface area contributed by atoms with E-state index in [2.05, 4.69) is 21.7 Å². The molecule has 0 N–H and O–H groups in total. The van der Waals surface area contributed by atoms with Gasteiger partial charge >= 0.3 is 0 Å². The highest BCUT2D eigenvalue weighted by atomic mass is 32.2. The SMILES string of the molecule is COC[C@@H](C)n1c(C)cc(C(=O)CSc2nnc(-c3ccccc3)n2-c2ccc(OC)cc2)c1C. The van der Waals surface area contributed by atoms with Gasteiger partial charge in [-0.2, -0.15) is 0 Å². The van der Waals surface area contributed by atoms with Crippen molar-refractivity contribution < 1.29 is 14.3 Å². The highest BCUT2D eigenvalue weighted by Gasteiger charge is 2.21. The van der Waals surface area contributed by atoms with Gasteiger partial charge in [0.15, 0.2) is 16.8 Å². The van der Waals surface area contributed by atoms with E-state index in [9.17, 15) is 4.79 Å². The lowest BCUT2D eigenvalue weighted by molar-refractivity contribution is 0.102. The van der Waals surface area contributed by atoms with Gasteiger partial charge in [-0.15, -0.1) is 10.2 Å². The van der Waals surface area contributed by atoms with Gasteiger partial charge in [0.25, 0.3) is 0 Å². The molecule has 0 fully saturated rings.